The van der Waals surface area contributed by atoms with Gasteiger partial charge in [-0.25, -0.2) is 0 Å². The first-order chi connectivity index (χ1) is 16.4. The van der Waals surface area contributed by atoms with Crippen molar-refractivity contribution in [1.29, 1.82) is 0 Å². The Morgan fingerprint density at radius 1 is 0.889 bits per heavy atom. The fourth-order valence-corrected chi connectivity index (χ4v) is 11.1. The lowest BCUT2D eigenvalue weighted by Gasteiger charge is -2.67. The Bertz CT molecular complexity index is 908. The second-order valence-electron chi connectivity index (χ2n) is 15.4. The maximum Gasteiger partial charge on any atom is 0.264 e. The van der Waals surface area contributed by atoms with Crippen LogP contribution in [0.5, 0.6) is 0 Å². The second kappa shape index (κ2) is 9.51. The summed E-state index contributed by atoms with van der Waals surface area (Å²) < 4.78 is 31.1. The van der Waals surface area contributed by atoms with Crippen LogP contribution in [-0.2, 0) is 14.3 Å². The molecule has 0 heterocycles. The maximum atomic E-state index is 12.5. The highest BCUT2D eigenvalue weighted by Gasteiger charge is 2.67. The third-order valence-electron chi connectivity index (χ3n) is 12.8. The molecule has 0 saturated heterocycles. The minimum atomic E-state index is -3.56. The number of hydrogen-bond acceptors (Lipinski definition) is 4. The molecule has 10 atom stereocenters. The van der Waals surface area contributed by atoms with Crippen LogP contribution >= 0.6 is 0 Å². The monoisotopic (exact) mass is 524 g/mol. The average molecular weight is 525 g/mol. The van der Waals surface area contributed by atoms with E-state index in [0.29, 0.717) is 17.8 Å². The Labute approximate surface area is 222 Å². The van der Waals surface area contributed by atoms with Gasteiger partial charge in [-0.1, -0.05) is 67.7 Å². The first-order valence-corrected chi connectivity index (χ1v) is 16.9. The Kier molecular flexibility index (Phi) is 7.62. The molecule has 4 saturated carbocycles. The molecule has 4 aliphatic carbocycles. The van der Waals surface area contributed by atoms with Gasteiger partial charge in [-0.3, -0.25) is 4.18 Å². The van der Waals surface area contributed by atoms with Crippen molar-refractivity contribution in [3.05, 3.63) is 0 Å². The largest absolute Gasteiger partial charge is 0.390 e. The summed E-state index contributed by atoms with van der Waals surface area (Å²) in [4.78, 5) is 0. The Morgan fingerprint density at radius 3 is 2.14 bits per heavy atom. The molecule has 210 valence electrons. The van der Waals surface area contributed by atoms with Gasteiger partial charge in [0.25, 0.3) is 10.1 Å². The Balaban J connectivity index is 1.66. The zero-order valence-electron chi connectivity index (χ0n) is 24.8. The van der Waals surface area contributed by atoms with E-state index in [1.807, 2.05) is 6.92 Å². The van der Waals surface area contributed by atoms with E-state index >= 15 is 0 Å². The van der Waals surface area contributed by atoms with E-state index in [9.17, 15) is 13.5 Å². The van der Waals surface area contributed by atoms with Gasteiger partial charge >= 0.3 is 0 Å². The van der Waals surface area contributed by atoms with E-state index < -0.39 is 15.7 Å². The van der Waals surface area contributed by atoms with Crippen molar-refractivity contribution in [3.8, 4) is 0 Å². The van der Waals surface area contributed by atoms with Gasteiger partial charge in [0.1, 0.15) is 0 Å². The maximum absolute atomic E-state index is 12.5. The molecule has 1 N–H and O–H groups in total. The van der Waals surface area contributed by atoms with Gasteiger partial charge in [-0.2, -0.15) is 8.42 Å². The Morgan fingerprint density at radius 2 is 1.53 bits per heavy atom. The van der Waals surface area contributed by atoms with Crippen molar-refractivity contribution >= 4 is 10.1 Å². The third-order valence-corrected chi connectivity index (χ3v) is 13.4. The van der Waals surface area contributed by atoms with E-state index in [4.69, 9.17) is 4.18 Å². The van der Waals surface area contributed by atoms with Gasteiger partial charge in [0.2, 0.25) is 0 Å². The summed E-state index contributed by atoms with van der Waals surface area (Å²) in [5.41, 5.74) is -0.632. The second-order valence-corrected chi connectivity index (χ2v) is 17.0. The van der Waals surface area contributed by atoms with Crippen LogP contribution in [0.2, 0.25) is 0 Å². The predicted octanol–water partition coefficient (Wildman–Crippen LogP) is 7.45. The molecule has 4 fully saturated rings. The fraction of sp³-hybridized carbons (Fsp3) is 1.00. The van der Waals surface area contributed by atoms with E-state index in [2.05, 4.69) is 48.5 Å². The molecule has 0 bridgehead atoms. The zero-order valence-corrected chi connectivity index (χ0v) is 25.6. The summed E-state index contributed by atoms with van der Waals surface area (Å²) in [5, 5.41) is 11.4. The molecule has 0 aromatic rings. The lowest BCUT2D eigenvalue weighted by molar-refractivity contribution is -0.232. The fourth-order valence-electron chi connectivity index (χ4n) is 10.4. The summed E-state index contributed by atoms with van der Waals surface area (Å²) in [7, 11) is -3.56. The lowest BCUT2D eigenvalue weighted by atomic mass is 9.39. The molecule has 0 aromatic heterocycles. The third kappa shape index (κ3) is 4.74. The van der Waals surface area contributed by atoms with Gasteiger partial charge in [-0.05, 0) is 110 Å². The normalized spacial score (nSPS) is 47.2. The highest BCUT2D eigenvalue weighted by atomic mass is 32.2. The SMILES string of the molecule is CC(C)CCC[C@@H](C)[C@H]1CC[C@H]2[C@@H]3[C@@H](OS(C)(=O)=O)C[C@H]4C(C)(C)[C@](C)(O)CC[C@]4(C)[C@H]3CC[C@]12C. The summed E-state index contributed by atoms with van der Waals surface area (Å²) in [5.74, 6) is 3.76. The topological polar surface area (TPSA) is 63.6 Å². The smallest absolute Gasteiger partial charge is 0.264 e. The number of rotatable bonds is 7. The van der Waals surface area contributed by atoms with Crippen molar-refractivity contribution in [3.63, 3.8) is 0 Å². The quantitative estimate of drug-likeness (QED) is 0.351. The molecule has 4 nitrogen and oxygen atoms in total. The highest BCUT2D eigenvalue weighted by molar-refractivity contribution is 7.86. The summed E-state index contributed by atoms with van der Waals surface area (Å²) in [6.45, 7) is 18.6. The molecule has 5 heteroatoms. The molecule has 4 rings (SSSR count). The Hall–Kier alpha value is -0.130. The standard InChI is InChI=1S/C31H56O4S/c1-20(2)11-10-12-21(3)22-13-14-23-27-24(15-16-29(22,23)6)30(7)17-18-31(8,32)28(4,5)26(30)19-25(27)35-36(9,33)34/h20-27,32H,10-19H2,1-9H3/t21-,22-,23+,24+,25+,26+,27+,29-,30-,31-/m1/s1. The number of aliphatic hydroxyl groups is 1. The van der Waals surface area contributed by atoms with Crippen LogP contribution in [0.3, 0.4) is 0 Å². The molecular weight excluding hydrogens is 468 g/mol. The predicted molar refractivity (Wildman–Crippen MR) is 148 cm³/mol. The van der Waals surface area contributed by atoms with Gasteiger partial charge < -0.3 is 5.11 Å². The average Bonchev–Trinajstić information content (AvgIpc) is 3.09. The van der Waals surface area contributed by atoms with Crippen molar-refractivity contribution in [1.82, 2.24) is 0 Å². The van der Waals surface area contributed by atoms with Crippen LogP contribution in [0.15, 0.2) is 0 Å². The number of hydrogen-bond donors (Lipinski definition) is 1. The molecular formula is C31H56O4S. The van der Waals surface area contributed by atoms with Crippen molar-refractivity contribution < 1.29 is 17.7 Å². The molecule has 4 aliphatic rings. The molecule has 0 unspecified atom stereocenters. The van der Waals surface area contributed by atoms with Crippen LogP contribution in [0, 0.1) is 57.7 Å². The highest BCUT2D eigenvalue weighted by Crippen LogP contribution is 2.71. The van der Waals surface area contributed by atoms with Crippen molar-refractivity contribution in [2.75, 3.05) is 6.26 Å². The summed E-state index contributed by atoms with van der Waals surface area (Å²) in [6, 6.07) is 0. The molecule has 0 aliphatic heterocycles. The van der Waals surface area contributed by atoms with Gasteiger partial charge in [0, 0.05) is 0 Å². The molecule has 0 aromatic carbocycles. The molecule has 36 heavy (non-hydrogen) atoms. The minimum absolute atomic E-state index is 0.121. The van der Waals surface area contributed by atoms with Gasteiger partial charge in [0.05, 0.1) is 18.0 Å². The van der Waals surface area contributed by atoms with E-state index in [1.54, 1.807) is 0 Å². The first kappa shape index (κ1) is 28.9. The summed E-state index contributed by atoms with van der Waals surface area (Å²) >= 11 is 0. The van der Waals surface area contributed by atoms with E-state index in [0.717, 1.165) is 37.0 Å². The minimum Gasteiger partial charge on any atom is -0.390 e. The van der Waals surface area contributed by atoms with Crippen LogP contribution in [0.25, 0.3) is 0 Å². The zero-order chi connectivity index (χ0) is 26.9. The molecule has 0 spiro atoms. The van der Waals surface area contributed by atoms with Crippen LogP contribution in [0.1, 0.15) is 120 Å². The van der Waals surface area contributed by atoms with E-state index in [-0.39, 0.29) is 28.3 Å². The van der Waals surface area contributed by atoms with Crippen LogP contribution < -0.4 is 0 Å². The van der Waals surface area contributed by atoms with Crippen LogP contribution in [0.4, 0.5) is 0 Å². The van der Waals surface area contributed by atoms with Crippen molar-refractivity contribution in [2.24, 2.45) is 57.7 Å². The van der Waals surface area contributed by atoms with E-state index in [1.165, 1.54) is 51.2 Å². The van der Waals surface area contributed by atoms with Gasteiger partial charge in [0.15, 0.2) is 0 Å². The lowest BCUT2D eigenvalue weighted by Crippen LogP contribution is -2.65. The summed E-state index contributed by atoms with van der Waals surface area (Å²) in [6.07, 6.45) is 12.4. The first-order valence-electron chi connectivity index (χ1n) is 15.0. The molecule has 0 amide bonds. The number of fused-ring (bicyclic) bond motifs is 5. The van der Waals surface area contributed by atoms with Gasteiger partial charge in [-0.15, -0.1) is 0 Å². The van der Waals surface area contributed by atoms with Crippen molar-refractivity contribution in [2.45, 2.75) is 131 Å². The molecule has 0 radical (unpaired) electrons. The van der Waals surface area contributed by atoms with Crippen LogP contribution in [-0.4, -0.2) is 31.5 Å².